The summed E-state index contributed by atoms with van der Waals surface area (Å²) in [6.45, 7) is 4.26. The van der Waals surface area contributed by atoms with Crippen molar-refractivity contribution < 1.29 is 42.5 Å². The lowest BCUT2D eigenvalue weighted by molar-refractivity contribution is -0.135. The van der Waals surface area contributed by atoms with Crippen LogP contribution in [-0.4, -0.2) is 23.9 Å². The third-order valence-corrected chi connectivity index (χ3v) is 8.32. The van der Waals surface area contributed by atoms with E-state index in [1.54, 1.807) is 0 Å². The highest BCUT2D eigenvalue weighted by atomic mass is 19.1. The monoisotopic (exact) mass is 716 g/mol. The van der Waals surface area contributed by atoms with Crippen LogP contribution in [-0.2, 0) is 35.3 Å². The zero-order valence-corrected chi connectivity index (χ0v) is 29.8. The SMILES string of the molecule is CCCc1ccc(CCC(=O)Oc2ccc(C(=O)Oc3ccc(OC(=O)c4ccc(OC(=O)CCc5ccc(CCC)cc5)cc4)c(F)c3)cc2)cc1. The maximum absolute atomic E-state index is 14.9. The first kappa shape index (κ1) is 38.1. The molecule has 0 unspecified atom stereocenters. The van der Waals surface area contributed by atoms with Crippen molar-refractivity contribution in [3.63, 3.8) is 0 Å². The Hall–Kier alpha value is -6.09. The molecule has 53 heavy (non-hydrogen) atoms. The Morgan fingerprint density at radius 3 is 1.23 bits per heavy atom. The third kappa shape index (κ3) is 11.7. The van der Waals surface area contributed by atoms with E-state index < -0.39 is 29.7 Å². The van der Waals surface area contributed by atoms with Crippen LogP contribution in [0.2, 0.25) is 0 Å². The van der Waals surface area contributed by atoms with Crippen LogP contribution in [0.15, 0.2) is 115 Å². The average Bonchev–Trinajstić information content (AvgIpc) is 3.16. The highest BCUT2D eigenvalue weighted by Gasteiger charge is 2.16. The van der Waals surface area contributed by atoms with Gasteiger partial charge in [-0.25, -0.2) is 14.0 Å². The van der Waals surface area contributed by atoms with E-state index in [-0.39, 0.29) is 47.0 Å². The van der Waals surface area contributed by atoms with Crippen LogP contribution in [0.5, 0.6) is 23.0 Å². The molecule has 0 aliphatic rings. The number of carbonyl (C=O) groups is 4. The van der Waals surface area contributed by atoms with E-state index in [9.17, 15) is 23.6 Å². The van der Waals surface area contributed by atoms with E-state index in [1.165, 1.54) is 71.8 Å². The number of carbonyl (C=O) groups excluding carboxylic acids is 4. The highest BCUT2D eigenvalue weighted by molar-refractivity contribution is 5.92. The highest BCUT2D eigenvalue weighted by Crippen LogP contribution is 2.25. The lowest BCUT2D eigenvalue weighted by atomic mass is 10.0. The smallest absolute Gasteiger partial charge is 0.343 e. The number of benzene rings is 5. The van der Waals surface area contributed by atoms with Crippen LogP contribution in [0.3, 0.4) is 0 Å². The molecule has 5 aromatic carbocycles. The lowest BCUT2D eigenvalue weighted by Crippen LogP contribution is -2.12. The predicted molar refractivity (Wildman–Crippen MR) is 198 cm³/mol. The number of esters is 4. The summed E-state index contributed by atoms with van der Waals surface area (Å²) >= 11 is 0. The van der Waals surface area contributed by atoms with Gasteiger partial charge in [0.05, 0.1) is 11.1 Å². The number of halogens is 1. The van der Waals surface area contributed by atoms with Gasteiger partial charge in [0.25, 0.3) is 0 Å². The Balaban J connectivity index is 1.05. The van der Waals surface area contributed by atoms with Crippen molar-refractivity contribution in [3.8, 4) is 23.0 Å². The van der Waals surface area contributed by atoms with Gasteiger partial charge in [-0.3, -0.25) is 9.59 Å². The second-order valence-corrected chi connectivity index (χ2v) is 12.5. The second kappa shape index (κ2) is 18.9. The fourth-order valence-electron chi connectivity index (χ4n) is 5.45. The van der Waals surface area contributed by atoms with Gasteiger partial charge in [-0.05, 0) is 109 Å². The first-order valence-electron chi connectivity index (χ1n) is 17.7. The summed E-state index contributed by atoms with van der Waals surface area (Å²) in [5, 5.41) is 0. The molecule has 0 radical (unpaired) electrons. The fraction of sp³-hybridized carbons (Fsp3) is 0.227. The van der Waals surface area contributed by atoms with Crippen LogP contribution < -0.4 is 18.9 Å². The van der Waals surface area contributed by atoms with Crippen LogP contribution in [0.4, 0.5) is 4.39 Å². The van der Waals surface area contributed by atoms with Gasteiger partial charge < -0.3 is 18.9 Å². The Labute approximate surface area is 308 Å². The minimum absolute atomic E-state index is 0.106. The van der Waals surface area contributed by atoms with Crippen molar-refractivity contribution in [1.29, 1.82) is 0 Å². The predicted octanol–water partition coefficient (Wildman–Crippen LogP) is 9.25. The maximum atomic E-state index is 14.9. The molecule has 0 bridgehead atoms. The van der Waals surface area contributed by atoms with E-state index >= 15 is 0 Å². The van der Waals surface area contributed by atoms with Gasteiger partial charge in [0.15, 0.2) is 11.6 Å². The van der Waals surface area contributed by atoms with Crippen molar-refractivity contribution in [1.82, 2.24) is 0 Å². The van der Waals surface area contributed by atoms with Gasteiger partial charge in [0.2, 0.25) is 0 Å². The molecule has 8 nitrogen and oxygen atoms in total. The molecule has 0 amide bonds. The van der Waals surface area contributed by atoms with Gasteiger partial charge in [-0.1, -0.05) is 75.2 Å². The first-order valence-corrected chi connectivity index (χ1v) is 17.7. The summed E-state index contributed by atoms with van der Waals surface area (Å²) in [6, 6.07) is 31.3. The fourth-order valence-corrected chi connectivity index (χ4v) is 5.45. The minimum atomic E-state index is -0.923. The van der Waals surface area contributed by atoms with E-state index in [0.717, 1.165) is 42.9 Å². The third-order valence-electron chi connectivity index (χ3n) is 8.32. The van der Waals surface area contributed by atoms with E-state index in [1.807, 2.05) is 24.3 Å². The number of hydrogen-bond donors (Lipinski definition) is 0. The Morgan fingerprint density at radius 1 is 0.453 bits per heavy atom. The molecule has 272 valence electrons. The molecular weight excluding hydrogens is 675 g/mol. The molecule has 0 saturated carbocycles. The topological polar surface area (TPSA) is 105 Å². The molecule has 0 N–H and O–H groups in total. The van der Waals surface area contributed by atoms with Crippen molar-refractivity contribution in [2.45, 2.75) is 65.2 Å². The molecule has 0 fully saturated rings. The molecule has 0 aliphatic carbocycles. The largest absolute Gasteiger partial charge is 0.427 e. The second-order valence-electron chi connectivity index (χ2n) is 12.5. The van der Waals surface area contributed by atoms with Gasteiger partial charge in [0, 0.05) is 18.9 Å². The molecule has 0 aromatic heterocycles. The molecular formula is C44H41FO8. The summed E-state index contributed by atoms with van der Waals surface area (Å²) in [7, 11) is 0. The quantitative estimate of drug-likeness (QED) is 0.0735. The van der Waals surface area contributed by atoms with Crippen molar-refractivity contribution in [2.75, 3.05) is 0 Å². The van der Waals surface area contributed by atoms with Crippen LogP contribution in [0, 0.1) is 5.82 Å². The summed E-state index contributed by atoms with van der Waals surface area (Å²) in [6.07, 6.45) is 5.66. The maximum Gasteiger partial charge on any atom is 0.343 e. The van der Waals surface area contributed by atoms with Crippen molar-refractivity contribution in [2.24, 2.45) is 0 Å². The van der Waals surface area contributed by atoms with Gasteiger partial charge in [0.1, 0.15) is 17.2 Å². The molecule has 5 aromatic rings. The number of ether oxygens (including phenoxy) is 4. The summed E-state index contributed by atoms with van der Waals surface area (Å²) in [5.74, 6) is -3.27. The molecule has 0 atom stereocenters. The summed E-state index contributed by atoms with van der Waals surface area (Å²) in [5.41, 5.74) is 4.87. The molecule has 0 heterocycles. The standard InChI is InChI=1S/C44H41FO8/c1-3-5-30-7-11-32(12-8-30)15-27-41(46)50-36-21-17-34(18-22-36)43(48)52-38-25-26-40(39(45)29-38)53-44(49)35-19-23-37(24-20-35)51-42(47)28-16-33-13-9-31(6-4-2)10-14-33/h7-14,17-26,29H,3-6,15-16,27-28H2,1-2H3. The Bertz CT molecular complexity index is 2000. The van der Waals surface area contributed by atoms with Gasteiger partial charge in [-0.15, -0.1) is 0 Å². The molecule has 5 rings (SSSR count). The first-order chi connectivity index (χ1) is 25.7. The molecule has 0 aliphatic heterocycles. The average molecular weight is 717 g/mol. The van der Waals surface area contributed by atoms with Crippen LogP contribution in [0.25, 0.3) is 0 Å². The zero-order chi connectivity index (χ0) is 37.6. The Kier molecular flexibility index (Phi) is 13.6. The van der Waals surface area contributed by atoms with Crippen molar-refractivity contribution >= 4 is 23.9 Å². The van der Waals surface area contributed by atoms with Gasteiger partial charge in [-0.2, -0.15) is 0 Å². The number of hydrogen-bond acceptors (Lipinski definition) is 8. The lowest BCUT2D eigenvalue weighted by Gasteiger charge is -2.09. The molecule has 0 spiro atoms. The molecule has 9 heteroatoms. The van der Waals surface area contributed by atoms with Crippen LogP contribution in [0.1, 0.15) is 82.5 Å². The van der Waals surface area contributed by atoms with E-state index in [0.29, 0.717) is 12.8 Å². The summed E-state index contributed by atoms with van der Waals surface area (Å²) < 4.78 is 36.1. The summed E-state index contributed by atoms with van der Waals surface area (Å²) in [4.78, 5) is 50.1. The zero-order valence-electron chi connectivity index (χ0n) is 29.8. The van der Waals surface area contributed by atoms with Crippen molar-refractivity contribution in [3.05, 3.63) is 154 Å². The number of aryl methyl sites for hydroxylation is 4. The van der Waals surface area contributed by atoms with Crippen LogP contribution >= 0.6 is 0 Å². The van der Waals surface area contributed by atoms with E-state index in [4.69, 9.17) is 18.9 Å². The minimum Gasteiger partial charge on any atom is -0.427 e. The molecule has 0 saturated heterocycles. The normalized spacial score (nSPS) is 10.7. The van der Waals surface area contributed by atoms with Gasteiger partial charge >= 0.3 is 23.9 Å². The Morgan fingerprint density at radius 2 is 0.830 bits per heavy atom. The number of rotatable bonds is 16. The van der Waals surface area contributed by atoms with E-state index in [2.05, 4.69) is 38.1 Å².